The number of carbonyl (C=O) groups is 2. The largest absolute Gasteiger partial charge is 0.452 e. The van der Waals surface area contributed by atoms with Gasteiger partial charge in [-0.3, -0.25) is 4.79 Å². The van der Waals surface area contributed by atoms with Gasteiger partial charge in [0.15, 0.2) is 6.61 Å². The van der Waals surface area contributed by atoms with Crippen molar-refractivity contribution < 1.29 is 14.3 Å². The van der Waals surface area contributed by atoms with E-state index in [0.29, 0.717) is 10.7 Å². The zero-order valence-electron chi connectivity index (χ0n) is 14.9. The average molecular weight is 407 g/mol. The third kappa shape index (κ3) is 4.93. The third-order valence-electron chi connectivity index (χ3n) is 4.44. The Hall–Kier alpha value is -2.24. The van der Waals surface area contributed by atoms with Crippen LogP contribution in [0.2, 0.25) is 10.0 Å². The van der Waals surface area contributed by atoms with Crippen molar-refractivity contribution in [2.45, 2.75) is 19.8 Å². The lowest BCUT2D eigenvalue weighted by Gasteiger charge is -2.19. The maximum absolute atomic E-state index is 12.1. The topological polar surface area (TPSA) is 58.6 Å². The van der Waals surface area contributed by atoms with E-state index in [2.05, 4.69) is 16.3 Å². The van der Waals surface area contributed by atoms with Gasteiger partial charge < -0.3 is 15.0 Å². The third-order valence-corrected chi connectivity index (χ3v) is 5.18. The molecule has 1 saturated heterocycles. The molecule has 1 amide bonds. The first-order valence-corrected chi connectivity index (χ1v) is 9.47. The molecule has 27 heavy (non-hydrogen) atoms. The van der Waals surface area contributed by atoms with Crippen LogP contribution < -0.4 is 10.2 Å². The second kappa shape index (κ2) is 8.63. The van der Waals surface area contributed by atoms with Gasteiger partial charge in [-0.05, 0) is 61.7 Å². The highest BCUT2D eigenvalue weighted by Gasteiger charge is 2.15. The first-order chi connectivity index (χ1) is 12.9. The summed E-state index contributed by atoms with van der Waals surface area (Å²) in [6, 6.07) is 10.3. The fourth-order valence-electron chi connectivity index (χ4n) is 2.98. The lowest BCUT2D eigenvalue weighted by Crippen LogP contribution is -2.22. The predicted octanol–water partition coefficient (Wildman–Crippen LogP) is 4.70. The summed E-state index contributed by atoms with van der Waals surface area (Å²) in [5.41, 5.74) is 3.06. The Kier molecular flexibility index (Phi) is 6.24. The van der Waals surface area contributed by atoms with Gasteiger partial charge in [0.05, 0.1) is 15.6 Å². The van der Waals surface area contributed by atoms with E-state index >= 15 is 0 Å². The minimum absolute atomic E-state index is 0.239. The molecule has 7 heteroatoms. The van der Waals surface area contributed by atoms with Crippen molar-refractivity contribution in [3.8, 4) is 0 Å². The zero-order chi connectivity index (χ0) is 19.4. The van der Waals surface area contributed by atoms with Crippen molar-refractivity contribution in [3.63, 3.8) is 0 Å². The Morgan fingerprint density at radius 2 is 1.81 bits per heavy atom. The molecule has 1 aliphatic rings. The number of amides is 1. The summed E-state index contributed by atoms with van der Waals surface area (Å²) in [6.07, 6.45) is 2.42. The van der Waals surface area contributed by atoms with E-state index in [1.165, 1.54) is 31.0 Å². The molecule has 0 unspecified atom stereocenters. The van der Waals surface area contributed by atoms with Crippen molar-refractivity contribution in [3.05, 3.63) is 57.6 Å². The molecule has 5 nitrogen and oxygen atoms in total. The molecule has 142 valence electrons. The van der Waals surface area contributed by atoms with Gasteiger partial charge in [0.2, 0.25) is 0 Å². The quantitative estimate of drug-likeness (QED) is 0.731. The number of halogens is 2. The number of hydrogen-bond acceptors (Lipinski definition) is 4. The molecule has 1 aliphatic heterocycles. The highest BCUT2D eigenvalue weighted by molar-refractivity contribution is 6.42. The smallest absolute Gasteiger partial charge is 0.338 e. The van der Waals surface area contributed by atoms with Gasteiger partial charge >= 0.3 is 5.97 Å². The number of rotatable bonds is 5. The van der Waals surface area contributed by atoms with Crippen LogP contribution >= 0.6 is 23.2 Å². The Morgan fingerprint density at radius 3 is 2.48 bits per heavy atom. The Morgan fingerprint density at radius 1 is 1.07 bits per heavy atom. The number of benzene rings is 2. The molecule has 0 aliphatic carbocycles. The fourth-order valence-corrected chi connectivity index (χ4v) is 3.28. The van der Waals surface area contributed by atoms with Crippen LogP contribution in [-0.4, -0.2) is 31.6 Å². The van der Waals surface area contributed by atoms with Crippen LogP contribution in [0.3, 0.4) is 0 Å². The molecule has 2 aromatic rings. The van der Waals surface area contributed by atoms with Gasteiger partial charge in [-0.1, -0.05) is 23.2 Å². The van der Waals surface area contributed by atoms with Crippen LogP contribution in [0.4, 0.5) is 11.4 Å². The lowest BCUT2D eigenvalue weighted by molar-refractivity contribution is -0.119. The molecule has 1 N–H and O–H groups in total. The van der Waals surface area contributed by atoms with Crippen molar-refractivity contribution in [2.24, 2.45) is 0 Å². The van der Waals surface area contributed by atoms with Crippen LogP contribution in [0.25, 0.3) is 0 Å². The van der Waals surface area contributed by atoms with E-state index in [0.717, 1.165) is 24.3 Å². The van der Waals surface area contributed by atoms with Gasteiger partial charge in [-0.25, -0.2) is 4.79 Å². The van der Waals surface area contributed by atoms with Gasteiger partial charge in [0.1, 0.15) is 0 Å². The number of esters is 1. The molecule has 0 radical (unpaired) electrons. The first-order valence-electron chi connectivity index (χ1n) is 8.71. The molecule has 0 atom stereocenters. The van der Waals surface area contributed by atoms with Crippen LogP contribution in [-0.2, 0) is 9.53 Å². The molecular formula is C20H20Cl2N2O3. The fraction of sp³-hybridized carbons (Fsp3) is 0.300. The van der Waals surface area contributed by atoms with Crippen molar-refractivity contribution in [2.75, 3.05) is 29.9 Å². The second-order valence-electron chi connectivity index (χ2n) is 6.45. The summed E-state index contributed by atoms with van der Waals surface area (Å²) in [4.78, 5) is 26.5. The molecular weight excluding hydrogens is 387 g/mol. The van der Waals surface area contributed by atoms with Crippen molar-refractivity contribution in [1.82, 2.24) is 0 Å². The van der Waals surface area contributed by atoms with E-state index in [1.54, 1.807) is 0 Å². The van der Waals surface area contributed by atoms with Crippen LogP contribution in [0.5, 0.6) is 0 Å². The highest BCUT2D eigenvalue weighted by Crippen LogP contribution is 2.26. The minimum atomic E-state index is -0.634. The summed E-state index contributed by atoms with van der Waals surface area (Å²) in [6.45, 7) is 3.69. The molecule has 0 aromatic heterocycles. The van der Waals surface area contributed by atoms with E-state index in [4.69, 9.17) is 27.9 Å². The molecule has 2 aromatic carbocycles. The summed E-state index contributed by atoms with van der Waals surface area (Å²) < 4.78 is 5.04. The van der Waals surface area contributed by atoms with Gasteiger partial charge in [-0.2, -0.15) is 0 Å². The van der Waals surface area contributed by atoms with E-state index in [1.807, 2.05) is 19.1 Å². The Balaban J connectivity index is 1.55. The van der Waals surface area contributed by atoms with Gasteiger partial charge in [0.25, 0.3) is 5.91 Å². The number of aryl methyl sites for hydroxylation is 1. The summed E-state index contributed by atoms with van der Waals surface area (Å²) in [5.74, 6) is -1.04. The molecule has 0 saturated carbocycles. The normalized spacial score (nSPS) is 13.5. The Labute approximate surface area is 168 Å². The zero-order valence-corrected chi connectivity index (χ0v) is 16.4. The maximum atomic E-state index is 12.1. The standard InChI is InChI=1S/C20H20Cl2N2O3/c1-13-10-15(24-8-2-3-9-24)5-7-18(13)23-19(25)12-27-20(26)14-4-6-16(21)17(22)11-14/h4-7,10-11H,2-3,8-9,12H2,1H3,(H,23,25). The van der Waals surface area contributed by atoms with Crippen molar-refractivity contribution in [1.29, 1.82) is 0 Å². The van der Waals surface area contributed by atoms with Crippen LogP contribution in [0.15, 0.2) is 36.4 Å². The number of ether oxygens (including phenoxy) is 1. The highest BCUT2D eigenvalue weighted by atomic mass is 35.5. The van der Waals surface area contributed by atoms with Crippen LogP contribution in [0.1, 0.15) is 28.8 Å². The van der Waals surface area contributed by atoms with Crippen molar-refractivity contribution >= 4 is 46.5 Å². The maximum Gasteiger partial charge on any atom is 0.338 e. The number of nitrogens with one attached hydrogen (secondary N) is 1. The van der Waals surface area contributed by atoms with Gasteiger partial charge in [-0.15, -0.1) is 0 Å². The Bertz CT molecular complexity index is 864. The number of anilines is 2. The summed E-state index contributed by atoms with van der Waals surface area (Å²) >= 11 is 11.7. The number of carbonyl (C=O) groups excluding carboxylic acids is 2. The van der Waals surface area contributed by atoms with Gasteiger partial charge in [0, 0.05) is 24.5 Å². The van der Waals surface area contributed by atoms with Crippen LogP contribution in [0, 0.1) is 6.92 Å². The SMILES string of the molecule is Cc1cc(N2CCCC2)ccc1NC(=O)COC(=O)c1ccc(Cl)c(Cl)c1. The second-order valence-corrected chi connectivity index (χ2v) is 7.26. The van der Waals surface area contributed by atoms with E-state index in [-0.39, 0.29) is 17.2 Å². The predicted molar refractivity (Wildman–Crippen MR) is 108 cm³/mol. The number of hydrogen-bond donors (Lipinski definition) is 1. The monoisotopic (exact) mass is 406 g/mol. The lowest BCUT2D eigenvalue weighted by atomic mass is 10.1. The average Bonchev–Trinajstić information content (AvgIpc) is 3.18. The molecule has 1 fully saturated rings. The molecule has 0 bridgehead atoms. The van der Waals surface area contributed by atoms with E-state index < -0.39 is 11.9 Å². The summed E-state index contributed by atoms with van der Waals surface area (Å²) in [5, 5.41) is 3.37. The molecule has 3 rings (SSSR count). The number of nitrogens with zero attached hydrogens (tertiary/aromatic N) is 1. The first kappa shape index (κ1) is 19.5. The summed E-state index contributed by atoms with van der Waals surface area (Å²) in [7, 11) is 0. The minimum Gasteiger partial charge on any atom is -0.452 e. The molecule has 1 heterocycles. The van der Waals surface area contributed by atoms with E-state index in [9.17, 15) is 9.59 Å². The molecule has 0 spiro atoms.